The summed E-state index contributed by atoms with van der Waals surface area (Å²) in [6.45, 7) is 11.3. The summed E-state index contributed by atoms with van der Waals surface area (Å²) in [5.41, 5.74) is 3.11. The molecule has 0 saturated carbocycles. The van der Waals surface area contributed by atoms with Crippen LogP contribution in [0, 0.1) is 11.8 Å². The molecule has 0 fully saturated rings. The zero-order valence-corrected chi connectivity index (χ0v) is 19.6. The molecule has 1 N–H and O–H groups in total. The molecule has 0 radical (unpaired) electrons. The Morgan fingerprint density at radius 3 is 2.44 bits per heavy atom. The third-order valence-electron chi connectivity index (χ3n) is 5.93. The molecule has 1 aromatic heterocycles. The monoisotopic (exact) mass is 432 g/mol. The van der Waals surface area contributed by atoms with Crippen LogP contribution in [0.15, 0.2) is 48.4 Å². The molecule has 0 amide bonds. The number of ether oxygens (including phenoxy) is 1. The van der Waals surface area contributed by atoms with Crippen molar-refractivity contribution in [1.29, 1.82) is 0 Å². The maximum atomic E-state index is 13.1. The molecule has 1 aliphatic heterocycles. The first-order valence-corrected chi connectivity index (χ1v) is 11.4. The number of aromatic nitrogens is 1. The Hall–Kier alpha value is -3.05. The number of allylic oxidation sites excluding steroid dienone is 1. The van der Waals surface area contributed by atoms with Crippen LogP contribution in [0.4, 0.5) is 0 Å². The summed E-state index contributed by atoms with van der Waals surface area (Å²) >= 11 is 0. The van der Waals surface area contributed by atoms with Gasteiger partial charge in [0.1, 0.15) is 12.3 Å². The van der Waals surface area contributed by atoms with Crippen LogP contribution >= 0.6 is 0 Å². The number of aryl methyl sites for hydroxylation is 1. The van der Waals surface area contributed by atoms with Crippen LogP contribution in [0.5, 0.6) is 11.5 Å². The quantitative estimate of drug-likeness (QED) is 0.581. The summed E-state index contributed by atoms with van der Waals surface area (Å²) in [5.74, 6) is 1.52. The Balaban J connectivity index is 1.70. The number of quaternary nitrogens is 1. The van der Waals surface area contributed by atoms with Gasteiger partial charge in [-0.05, 0) is 18.2 Å². The second-order valence-electron chi connectivity index (χ2n) is 9.69. The average Bonchev–Trinajstić information content (AvgIpc) is 3.21. The molecule has 3 aromatic rings. The maximum absolute atomic E-state index is 13.1. The molecule has 0 bridgehead atoms. The van der Waals surface area contributed by atoms with Crippen LogP contribution in [-0.4, -0.2) is 23.4 Å². The highest BCUT2D eigenvalue weighted by Gasteiger charge is 2.31. The van der Waals surface area contributed by atoms with Crippen LogP contribution in [0.1, 0.15) is 49.2 Å². The minimum absolute atomic E-state index is 0.0621. The summed E-state index contributed by atoms with van der Waals surface area (Å²) in [6, 6.07) is 11.2. The van der Waals surface area contributed by atoms with E-state index >= 15 is 0 Å². The van der Waals surface area contributed by atoms with E-state index in [1.165, 1.54) is 11.0 Å². The molecule has 0 spiro atoms. The molecule has 0 unspecified atom stereocenters. The second-order valence-corrected chi connectivity index (χ2v) is 9.69. The van der Waals surface area contributed by atoms with Gasteiger partial charge in [-0.2, -0.15) is 0 Å². The molecule has 0 aliphatic carbocycles. The smallest absolute Gasteiger partial charge is 0.231 e. The third kappa shape index (κ3) is 4.30. The van der Waals surface area contributed by atoms with Gasteiger partial charge < -0.3 is 19.3 Å². The van der Waals surface area contributed by atoms with Gasteiger partial charge >= 0.3 is 0 Å². The van der Waals surface area contributed by atoms with Gasteiger partial charge in [-0.1, -0.05) is 57.7 Å². The van der Waals surface area contributed by atoms with E-state index in [4.69, 9.17) is 4.74 Å². The van der Waals surface area contributed by atoms with E-state index < -0.39 is 0 Å². The molecule has 0 saturated heterocycles. The molecule has 2 heterocycles. The number of hydrogen-bond acceptors (Lipinski definition) is 3. The number of nitrogens with one attached hydrogen (secondary N) is 1. The van der Waals surface area contributed by atoms with Gasteiger partial charge in [0.15, 0.2) is 5.76 Å². The number of rotatable bonds is 7. The van der Waals surface area contributed by atoms with Gasteiger partial charge in [0.2, 0.25) is 5.78 Å². The lowest BCUT2D eigenvalue weighted by Gasteiger charge is -2.26. The molecule has 2 aromatic carbocycles. The van der Waals surface area contributed by atoms with Crippen molar-refractivity contribution < 1.29 is 19.5 Å². The normalized spacial score (nSPS) is 14.9. The predicted octanol–water partition coefficient (Wildman–Crippen LogP) is 3.57. The molecular formula is C27H32N2O3. The lowest BCUT2D eigenvalue weighted by atomic mass is 10.0. The van der Waals surface area contributed by atoms with Crippen molar-refractivity contribution in [3.8, 4) is 11.5 Å². The number of para-hydroxylation sites is 1. The maximum Gasteiger partial charge on any atom is 0.231 e. The highest BCUT2D eigenvalue weighted by Crippen LogP contribution is 2.38. The van der Waals surface area contributed by atoms with E-state index in [0.717, 1.165) is 29.6 Å². The number of fused-ring (bicyclic) bond motifs is 2. The van der Waals surface area contributed by atoms with Crippen LogP contribution < -0.4 is 14.7 Å². The Morgan fingerprint density at radius 2 is 1.75 bits per heavy atom. The predicted molar refractivity (Wildman–Crippen MR) is 126 cm³/mol. The van der Waals surface area contributed by atoms with Crippen LogP contribution in [0.3, 0.4) is 0 Å². The number of ketones is 1. The molecule has 5 nitrogen and oxygen atoms in total. The van der Waals surface area contributed by atoms with E-state index in [9.17, 15) is 9.90 Å². The highest BCUT2D eigenvalue weighted by atomic mass is 16.5. The molecule has 1 aliphatic rings. The summed E-state index contributed by atoms with van der Waals surface area (Å²) in [4.78, 5) is 14.5. The van der Waals surface area contributed by atoms with Crippen molar-refractivity contribution in [1.82, 2.24) is 4.57 Å². The molecule has 5 heteroatoms. The van der Waals surface area contributed by atoms with Crippen LogP contribution in [-0.2, 0) is 13.6 Å². The van der Waals surface area contributed by atoms with Crippen molar-refractivity contribution in [3.05, 3.63) is 65.0 Å². The Bertz CT molecular complexity index is 1180. The highest BCUT2D eigenvalue weighted by molar-refractivity contribution is 6.15. The summed E-state index contributed by atoms with van der Waals surface area (Å²) in [7, 11) is 1.99. The number of nitrogens with zero attached hydrogens (tertiary/aromatic N) is 1. The van der Waals surface area contributed by atoms with Crippen molar-refractivity contribution in [3.63, 3.8) is 0 Å². The van der Waals surface area contributed by atoms with Crippen LogP contribution in [0.2, 0.25) is 0 Å². The van der Waals surface area contributed by atoms with Gasteiger partial charge in [-0.25, -0.2) is 0 Å². The zero-order chi connectivity index (χ0) is 23.0. The molecule has 0 atom stereocenters. The van der Waals surface area contributed by atoms with Gasteiger partial charge in [-0.3, -0.25) is 4.79 Å². The van der Waals surface area contributed by atoms with Crippen molar-refractivity contribution in [2.45, 2.75) is 34.2 Å². The van der Waals surface area contributed by atoms with Gasteiger partial charge in [-0.15, -0.1) is 0 Å². The SMILES string of the molecule is CC(C)C[NH+](Cc1c([O-])ccc2c1OC(=Cc1cn(C)c3ccccc13)C2=O)CC(C)C. The second kappa shape index (κ2) is 8.83. The number of Topliss-reactive ketones (excluding diaryl/α,β-unsaturated/α-hetero) is 1. The fraction of sp³-hybridized carbons (Fsp3) is 0.370. The summed E-state index contributed by atoms with van der Waals surface area (Å²) in [6.07, 6.45) is 3.79. The third-order valence-corrected chi connectivity index (χ3v) is 5.93. The largest absolute Gasteiger partial charge is 0.872 e. The topological polar surface area (TPSA) is 58.7 Å². The lowest BCUT2D eigenvalue weighted by molar-refractivity contribution is -0.919. The van der Waals surface area contributed by atoms with E-state index in [0.29, 0.717) is 35.3 Å². The van der Waals surface area contributed by atoms with Crippen LogP contribution in [0.25, 0.3) is 17.0 Å². The first kappa shape index (κ1) is 22.2. The van der Waals surface area contributed by atoms with E-state index in [-0.39, 0.29) is 17.3 Å². The molecule has 32 heavy (non-hydrogen) atoms. The Labute approximate surface area is 189 Å². The standard InChI is InChI=1S/C27H32N2O3/c1-17(2)13-29(14-18(3)4)16-22-24(30)11-10-21-26(31)25(32-27(21)22)12-19-15-28(5)23-9-7-6-8-20(19)23/h6-12,15,17-18,30H,13-14,16H2,1-5H3. The Morgan fingerprint density at radius 1 is 1.06 bits per heavy atom. The van der Waals surface area contributed by atoms with E-state index in [1.54, 1.807) is 12.1 Å². The van der Waals surface area contributed by atoms with Gasteiger partial charge in [0.25, 0.3) is 0 Å². The molecule has 168 valence electrons. The van der Waals surface area contributed by atoms with Gasteiger partial charge in [0.05, 0.1) is 18.7 Å². The zero-order valence-electron chi connectivity index (χ0n) is 19.6. The summed E-state index contributed by atoms with van der Waals surface area (Å²) < 4.78 is 8.13. The number of carbonyl (C=O) groups excluding carboxylic acids is 1. The first-order valence-electron chi connectivity index (χ1n) is 11.4. The molecular weight excluding hydrogens is 400 g/mol. The average molecular weight is 433 g/mol. The van der Waals surface area contributed by atoms with Crippen molar-refractivity contribution >= 4 is 22.8 Å². The Kier molecular flexibility index (Phi) is 6.11. The van der Waals surface area contributed by atoms with E-state index in [2.05, 4.69) is 27.7 Å². The first-order chi connectivity index (χ1) is 15.2. The van der Waals surface area contributed by atoms with Gasteiger partial charge in [0, 0.05) is 47.1 Å². The minimum atomic E-state index is -0.163. The lowest BCUT2D eigenvalue weighted by Crippen LogP contribution is -3.11. The summed E-state index contributed by atoms with van der Waals surface area (Å²) in [5, 5.41) is 13.9. The number of carbonyl (C=O) groups is 1. The number of benzene rings is 2. The number of hydrogen-bond donors (Lipinski definition) is 1. The fourth-order valence-electron chi connectivity index (χ4n) is 4.72. The fourth-order valence-corrected chi connectivity index (χ4v) is 4.72. The van der Waals surface area contributed by atoms with Crippen molar-refractivity contribution in [2.24, 2.45) is 18.9 Å². The molecule has 4 rings (SSSR count). The van der Waals surface area contributed by atoms with Crippen molar-refractivity contribution in [2.75, 3.05) is 13.1 Å². The minimum Gasteiger partial charge on any atom is -0.872 e. The van der Waals surface area contributed by atoms with E-state index in [1.807, 2.05) is 42.1 Å².